The van der Waals surface area contributed by atoms with E-state index in [0.717, 1.165) is 12.0 Å². The van der Waals surface area contributed by atoms with Crippen molar-refractivity contribution in [2.24, 2.45) is 0 Å². The highest BCUT2D eigenvalue weighted by Crippen LogP contribution is 2.14. The Labute approximate surface area is 74.6 Å². The van der Waals surface area contributed by atoms with Crippen LogP contribution < -0.4 is 0 Å². The van der Waals surface area contributed by atoms with Gasteiger partial charge in [0.15, 0.2) is 0 Å². The van der Waals surface area contributed by atoms with Gasteiger partial charge in [-0.2, -0.15) is 0 Å². The quantitative estimate of drug-likeness (QED) is 0.410. The van der Waals surface area contributed by atoms with E-state index in [1.807, 2.05) is 19.9 Å². The van der Waals surface area contributed by atoms with Crippen LogP contribution in [0.5, 0.6) is 0 Å². The van der Waals surface area contributed by atoms with Gasteiger partial charge in [0.25, 0.3) is 0 Å². The molecule has 0 aromatic carbocycles. The van der Waals surface area contributed by atoms with Crippen molar-refractivity contribution in [2.45, 2.75) is 25.1 Å². The molecule has 0 N–H and O–H groups in total. The second-order valence-corrected chi connectivity index (χ2v) is 3.31. The van der Waals surface area contributed by atoms with Gasteiger partial charge in [0.05, 0.1) is 0 Å². The summed E-state index contributed by atoms with van der Waals surface area (Å²) < 4.78 is 0. The van der Waals surface area contributed by atoms with Crippen molar-refractivity contribution in [3.8, 4) is 0 Å². The zero-order chi connectivity index (χ0) is 8.15. The normalized spacial score (nSPS) is 15.0. The molecule has 0 fully saturated rings. The van der Waals surface area contributed by atoms with Gasteiger partial charge in [-0.1, -0.05) is 34.5 Å². The number of hydrogen-bond acceptors (Lipinski definition) is 1. The fourth-order valence-electron chi connectivity index (χ4n) is 0.604. The zero-order valence-corrected chi connectivity index (χ0v) is 8.37. The second-order valence-electron chi connectivity index (χ2n) is 2.02. The van der Waals surface area contributed by atoms with Crippen LogP contribution >= 0.6 is 27.5 Å². The molecule has 0 amide bonds. The minimum atomic E-state index is -0.359. The van der Waals surface area contributed by atoms with Gasteiger partial charge in [-0.25, -0.2) is 0 Å². The molecular formula is C7H10BrClO. The number of hydrogen-bond donors (Lipinski definition) is 0. The van der Waals surface area contributed by atoms with Gasteiger partial charge in [-0.3, -0.25) is 4.79 Å². The Kier molecular flexibility index (Phi) is 5.00. The molecule has 0 saturated carbocycles. The maximum absolute atomic E-state index is 10.5. The third-order valence-corrected chi connectivity index (χ3v) is 2.74. The molecule has 3 heteroatoms. The Morgan fingerprint density at radius 3 is 2.60 bits per heavy atom. The molecule has 0 spiro atoms. The number of rotatable bonds is 3. The maximum Gasteiger partial charge on any atom is 0.239 e. The SMILES string of the molecule is CC/C=C(/C)C(Br)C(=O)Cl. The summed E-state index contributed by atoms with van der Waals surface area (Å²) in [6.45, 7) is 3.89. The van der Waals surface area contributed by atoms with Crippen molar-refractivity contribution in [1.29, 1.82) is 0 Å². The van der Waals surface area contributed by atoms with Gasteiger partial charge >= 0.3 is 0 Å². The molecule has 1 nitrogen and oxygen atoms in total. The van der Waals surface area contributed by atoms with Crippen LogP contribution in [-0.4, -0.2) is 10.1 Å². The summed E-state index contributed by atoms with van der Waals surface area (Å²) in [6, 6.07) is 0. The standard InChI is InChI=1S/C7H10BrClO/c1-3-4-5(2)6(8)7(9)10/h4,6H,3H2,1-2H3/b5-4-. The number of halogens is 2. The largest absolute Gasteiger partial charge is 0.280 e. The smallest absolute Gasteiger partial charge is 0.239 e. The fraction of sp³-hybridized carbons (Fsp3) is 0.571. The van der Waals surface area contributed by atoms with Crippen LogP contribution in [0.15, 0.2) is 11.6 Å². The molecule has 0 rings (SSSR count). The summed E-state index contributed by atoms with van der Waals surface area (Å²) in [6.07, 6.45) is 2.90. The molecule has 58 valence electrons. The van der Waals surface area contributed by atoms with E-state index in [1.54, 1.807) is 0 Å². The van der Waals surface area contributed by atoms with Crippen LogP contribution in [0.1, 0.15) is 20.3 Å². The summed E-state index contributed by atoms with van der Waals surface area (Å²) in [5.74, 6) is 0. The average Bonchev–Trinajstić information content (AvgIpc) is 1.87. The molecule has 0 bridgehead atoms. The van der Waals surface area contributed by atoms with E-state index in [2.05, 4.69) is 15.9 Å². The summed E-state index contributed by atoms with van der Waals surface area (Å²) >= 11 is 8.39. The minimum absolute atomic E-state index is 0.311. The lowest BCUT2D eigenvalue weighted by Gasteiger charge is -2.02. The molecule has 0 heterocycles. The van der Waals surface area contributed by atoms with E-state index < -0.39 is 0 Å². The molecule has 0 aliphatic carbocycles. The highest BCUT2D eigenvalue weighted by Gasteiger charge is 2.12. The van der Waals surface area contributed by atoms with Crippen molar-refractivity contribution >= 4 is 32.8 Å². The Hall–Kier alpha value is 0.180. The number of alkyl halides is 1. The van der Waals surface area contributed by atoms with Crippen LogP contribution in [0.25, 0.3) is 0 Å². The van der Waals surface area contributed by atoms with E-state index in [-0.39, 0.29) is 10.1 Å². The lowest BCUT2D eigenvalue weighted by atomic mass is 10.2. The maximum atomic E-state index is 10.5. The minimum Gasteiger partial charge on any atom is -0.280 e. The Bertz CT molecular complexity index is 154. The molecule has 1 unspecified atom stereocenters. The Morgan fingerprint density at radius 1 is 1.80 bits per heavy atom. The van der Waals surface area contributed by atoms with Gasteiger partial charge in [0.1, 0.15) is 4.83 Å². The van der Waals surface area contributed by atoms with Gasteiger partial charge in [-0.05, 0) is 24.9 Å². The molecule has 0 aliphatic rings. The van der Waals surface area contributed by atoms with Crippen molar-refractivity contribution in [2.75, 3.05) is 0 Å². The lowest BCUT2D eigenvalue weighted by molar-refractivity contribution is -0.110. The van der Waals surface area contributed by atoms with E-state index in [9.17, 15) is 4.79 Å². The summed E-state index contributed by atoms with van der Waals surface area (Å²) in [5.41, 5.74) is 0.975. The summed E-state index contributed by atoms with van der Waals surface area (Å²) in [5, 5.41) is -0.359. The number of carbonyl (C=O) groups excluding carboxylic acids is 1. The van der Waals surface area contributed by atoms with Crippen molar-refractivity contribution in [3.63, 3.8) is 0 Å². The van der Waals surface area contributed by atoms with Crippen LogP contribution in [0.3, 0.4) is 0 Å². The highest BCUT2D eigenvalue weighted by atomic mass is 79.9. The third kappa shape index (κ3) is 3.37. The van der Waals surface area contributed by atoms with Crippen LogP contribution in [-0.2, 0) is 4.79 Å². The van der Waals surface area contributed by atoms with Crippen LogP contribution in [0.2, 0.25) is 0 Å². The van der Waals surface area contributed by atoms with E-state index in [1.165, 1.54) is 0 Å². The average molecular weight is 226 g/mol. The van der Waals surface area contributed by atoms with Crippen LogP contribution in [0, 0.1) is 0 Å². The first-order valence-corrected chi connectivity index (χ1v) is 4.39. The number of carbonyl (C=O) groups is 1. The molecule has 0 aromatic heterocycles. The van der Waals surface area contributed by atoms with Gasteiger partial charge in [0.2, 0.25) is 5.24 Å². The first-order valence-electron chi connectivity index (χ1n) is 3.09. The number of allylic oxidation sites excluding steroid dienone is 2. The lowest BCUT2D eigenvalue weighted by Crippen LogP contribution is -2.07. The van der Waals surface area contributed by atoms with Crippen molar-refractivity contribution in [3.05, 3.63) is 11.6 Å². The molecule has 0 radical (unpaired) electrons. The summed E-state index contributed by atoms with van der Waals surface area (Å²) in [4.78, 5) is 10.2. The van der Waals surface area contributed by atoms with E-state index >= 15 is 0 Å². The molecule has 0 aromatic rings. The Morgan fingerprint density at radius 2 is 2.30 bits per heavy atom. The monoisotopic (exact) mass is 224 g/mol. The second kappa shape index (κ2) is 4.91. The van der Waals surface area contributed by atoms with Gasteiger partial charge in [-0.15, -0.1) is 0 Å². The van der Waals surface area contributed by atoms with Crippen molar-refractivity contribution < 1.29 is 4.79 Å². The predicted molar refractivity (Wildman–Crippen MR) is 47.6 cm³/mol. The first kappa shape index (κ1) is 10.2. The summed E-state index contributed by atoms with van der Waals surface area (Å²) in [7, 11) is 0. The molecule has 0 aliphatic heterocycles. The fourth-order valence-corrected chi connectivity index (χ4v) is 0.963. The molecule has 1 atom stereocenters. The zero-order valence-electron chi connectivity index (χ0n) is 6.03. The van der Waals surface area contributed by atoms with Crippen LogP contribution in [0.4, 0.5) is 0 Å². The van der Waals surface area contributed by atoms with E-state index in [0.29, 0.717) is 0 Å². The first-order chi connectivity index (χ1) is 4.59. The highest BCUT2D eigenvalue weighted by molar-refractivity contribution is 9.10. The predicted octanol–water partition coefficient (Wildman–Crippen LogP) is 2.87. The molecular weight excluding hydrogens is 215 g/mol. The molecule has 0 saturated heterocycles. The topological polar surface area (TPSA) is 17.1 Å². The Balaban J connectivity index is 4.06. The van der Waals surface area contributed by atoms with E-state index in [4.69, 9.17) is 11.6 Å². The van der Waals surface area contributed by atoms with Gasteiger partial charge < -0.3 is 0 Å². The van der Waals surface area contributed by atoms with Crippen molar-refractivity contribution in [1.82, 2.24) is 0 Å². The third-order valence-electron chi connectivity index (χ3n) is 1.13. The van der Waals surface area contributed by atoms with Gasteiger partial charge in [0, 0.05) is 0 Å². The molecule has 10 heavy (non-hydrogen) atoms.